The zero-order valence-electron chi connectivity index (χ0n) is 21.1. The lowest BCUT2D eigenvalue weighted by molar-refractivity contribution is 0.0701. The first-order valence-corrected chi connectivity index (χ1v) is 14.5. The van der Waals surface area contributed by atoms with Crippen molar-refractivity contribution in [3.05, 3.63) is 87.6 Å². The van der Waals surface area contributed by atoms with Crippen LogP contribution in [-0.2, 0) is 36.1 Å². The van der Waals surface area contributed by atoms with Crippen molar-refractivity contribution in [2.24, 2.45) is 5.14 Å². The highest BCUT2D eigenvalue weighted by Crippen LogP contribution is 2.30. The molecule has 202 valence electrons. The van der Waals surface area contributed by atoms with E-state index in [-0.39, 0.29) is 9.77 Å². The smallest absolute Gasteiger partial charge is 0.347 e. The van der Waals surface area contributed by atoms with Crippen LogP contribution in [0.1, 0.15) is 37.7 Å². The summed E-state index contributed by atoms with van der Waals surface area (Å²) in [4.78, 5) is 27.8. The van der Waals surface area contributed by atoms with Crippen LogP contribution >= 0.6 is 11.3 Å². The number of benzene rings is 2. The van der Waals surface area contributed by atoms with Crippen molar-refractivity contribution < 1.29 is 18.3 Å². The number of hydrogen-bond acceptors (Lipinski definition) is 10. The van der Waals surface area contributed by atoms with Crippen molar-refractivity contribution in [2.45, 2.75) is 37.9 Å². The summed E-state index contributed by atoms with van der Waals surface area (Å²) in [5.41, 5.74) is 4.37. The molecular weight excluding hydrogens is 538 g/mol. The first-order chi connectivity index (χ1) is 18.7. The SMILES string of the molecule is Cc1nc(Nc2nc3c(c(NCc4ccc(S(N)(=O)=O)cc4)n2)CN(Cc2ccccc2)CC3)sc1C(=O)O. The van der Waals surface area contributed by atoms with Crippen LogP contribution in [-0.4, -0.2) is 45.9 Å². The van der Waals surface area contributed by atoms with Gasteiger partial charge in [-0.15, -0.1) is 0 Å². The number of thiazole rings is 1. The number of primary sulfonamides is 1. The third kappa shape index (κ3) is 6.40. The lowest BCUT2D eigenvalue weighted by Gasteiger charge is -2.29. The number of nitrogens with zero attached hydrogens (tertiary/aromatic N) is 4. The molecule has 4 aromatic rings. The number of aromatic nitrogens is 3. The highest BCUT2D eigenvalue weighted by atomic mass is 32.2. The van der Waals surface area contributed by atoms with E-state index in [0.717, 1.165) is 41.2 Å². The fourth-order valence-electron chi connectivity index (χ4n) is 4.38. The average Bonchev–Trinajstić information content (AvgIpc) is 3.28. The van der Waals surface area contributed by atoms with Gasteiger partial charge in [0.05, 0.1) is 16.3 Å². The van der Waals surface area contributed by atoms with Crippen LogP contribution in [0.4, 0.5) is 16.9 Å². The van der Waals surface area contributed by atoms with Crippen molar-refractivity contribution in [3.63, 3.8) is 0 Å². The van der Waals surface area contributed by atoms with Gasteiger partial charge >= 0.3 is 5.97 Å². The summed E-state index contributed by atoms with van der Waals surface area (Å²) in [7, 11) is -3.77. The van der Waals surface area contributed by atoms with Gasteiger partial charge in [-0.05, 0) is 30.2 Å². The molecule has 5 rings (SSSR count). The number of aromatic carboxylic acids is 1. The topological polar surface area (TPSA) is 163 Å². The number of nitrogens with two attached hydrogens (primary N) is 1. The Kier molecular flexibility index (Phi) is 7.57. The average molecular weight is 566 g/mol. The van der Waals surface area contributed by atoms with Crippen LogP contribution in [0.25, 0.3) is 0 Å². The van der Waals surface area contributed by atoms with Crippen molar-refractivity contribution in [1.29, 1.82) is 0 Å². The summed E-state index contributed by atoms with van der Waals surface area (Å²) >= 11 is 1.03. The molecule has 0 unspecified atom stereocenters. The molecule has 39 heavy (non-hydrogen) atoms. The van der Waals surface area contributed by atoms with Crippen molar-refractivity contribution in [2.75, 3.05) is 17.2 Å². The molecule has 5 N–H and O–H groups in total. The van der Waals surface area contributed by atoms with Gasteiger partial charge < -0.3 is 10.4 Å². The molecule has 2 aromatic carbocycles. The second-order valence-corrected chi connectivity index (χ2v) is 11.7. The molecule has 13 heteroatoms. The van der Waals surface area contributed by atoms with E-state index in [1.807, 2.05) is 18.2 Å². The minimum atomic E-state index is -3.77. The number of anilines is 3. The van der Waals surface area contributed by atoms with Crippen molar-refractivity contribution in [3.8, 4) is 0 Å². The number of carboxylic acid groups (broad SMARTS) is 1. The Morgan fingerprint density at radius 2 is 1.82 bits per heavy atom. The Morgan fingerprint density at radius 3 is 2.49 bits per heavy atom. The first kappa shape index (κ1) is 26.7. The summed E-state index contributed by atoms with van der Waals surface area (Å²) in [6, 6.07) is 16.6. The molecule has 0 radical (unpaired) electrons. The number of carbonyl (C=O) groups is 1. The maximum Gasteiger partial charge on any atom is 0.347 e. The van der Waals surface area contributed by atoms with E-state index in [0.29, 0.717) is 42.1 Å². The van der Waals surface area contributed by atoms with Gasteiger partial charge in [0.2, 0.25) is 16.0 Å². The predicted octanol–water partition coefficient (Wildman–Crippen LogP) is 3.50. The summed E-state index contributed by atoms with van der Waals surface area (Å²) in [5, 5.41) is 21.4. The van der Waals surface area contributed by atoms with Crippen molar-refractivity contribution in [1.82, 2.24) is 19.9 Å². The molecular formula is C26H27N7O4S2. The van der Waals surface area contributed by atoms with Gasteiger partial charge in [-0.3, -0.25) is 10.2 Å². The Balaban J connectivity index is 1.41. The number of fused-ring (bicyclic) bond motifs is 1. The highest BCUT2D eigenvalue weighted by Gasteiger charge is 2.24. The summed E-state index contributed by atoms with van der Waals surface area (Å²) in [6.45, 7) is 4.31. The number of nitrogens with one attached hydrogen (secondary N) is 2. The molecule has 2 aromatic heterocycles. The number of carboxylic acids is 1. The lowest BCUT2D eigenvalue weighted by atomic mass is 10.0. The van der Waals surface area contributed by atoms with Gasteiger partial charge in [-0.1, -0.05) is 53.8 Å². The van der Waals surface area contributed by atoms with E-state index in [9.17, 15) is 18.3 Å². The predicted molar refractivity (Wildman–Crippen MR) is 149 cm³/mol. The van der Waals surface area contributed by atoms with Gasteiger partial charge in [0, 0.05) is 38.2 Å². The summed E-state index contributed by atoms with van der Waals surface area (Å²) in [5.74, 6) is -0.0655. The molecule has 1 aliphatic heterocycles. The number of aryl methyl sites for hydroxylation is 1. The van der Waals surface area contributed by atoms with Gasteiger partial charge in [-0.2, -0.15) is 4.98 Å². The Labute approximate surface area is 229 Å². The quantitative estimate of drug-likeness (QED) is 0.236. The number of sulfonamides is 1. The molecule has 0 atom stereocenters. The Hall–Kier alpha value is -3.91. The molecule has 0 fully saturated rings. The molecule has 0 saturated carbocycles. The van der Waals surface area contributed by atoms with Gasteiger partial charge in [0.15, 0.2) is 5.13 Å². The third-order valence-electron chi connectivity index (χ3n) is 6.31. The summed E-state index contributed by atoms with van der Waals surface area (Å²) < 4.78 is 23.2. The van der Waals surface area contributed by atoms with Crippen molar-refractivity contribution >= 4 is 44.2 Å². The van der Waals surface area contributed by atoms with Gasteiger partial charge in [0.1, 0.15) is 10.7 Å². The minimum Gasteiger partial charge on any atom is -0.477 e. The van der Waals surface area contributed by atoms with E-state index in [2.05, 4.69) is 32.7 Å². The minimum absolute atomic E-state index is 0.0492. The molecule has 0 spiro atoms. The third-order valence-corrected chi connectivity index (χ3v) is 8.30. The van der Waals surface area contributed by atoms with Gasteiger partial charge in [-0.25, -0.2) is 28.3 Å². The highest BCUT2D eigenvalue weighted by molar-refractivity contribution is 7.89. The van der Waals surface area contributed by atoms with Crippen LogP contribution in [0.2, 0.25) is 0 Å². The number of hydrogen-bond donors (Lipinski definition) is 4. The number of rotatable bonds is 9. The van der Waals surface area contributed by atoms with E-state index >= 15 is 0 Å². The van der Waals surface area contributed by atoms with E-state index in [1.165, 1.54) is 17.7 Å². The first-order valence-electron chi connectivity index (χ1n) is 12.1. The van der Waals surface area contributed by atoms with Crippen LogP contribution < -0.4 is 15.8 Å². The fraction of sp³-hybridized carbons (Fsp3) is 0.231. The molecule has 3 heterocycles. The maximum absolute atomic E-state index is 11.6. The largest absolute Gasteiger partial charge is 0.477 e. The lowest BCUT2D eigenvalue weighted by Crippen LogP contribution is -2.32. The second-order valence-electron chi connectivity index (χ2n) is 9.17. The Morgan fingerprint density at radius 1 is 1.08 bits per heavy atom. The monoisotopic (exact) mass is 565 g/mol. The molecule has 0 amide bonds. The second kappa shape index (κ2) is 11.1. The van der Waals surface area contributed by atoms with E-state index < -0.39 is 16.0 Å². The molecule has 1 aliphatic rings. The van der Waals surface area contributed by atoms with Crippen LogP contribution in [0, 0.1) is 6.92 Å². The summed E-state index contributed by atoms with van der Waals surface area (Å²) in [6.07, 6.45) is 0.717. The fourth-order valence-corrected chi connectivity index (χ4v) is 5.69. The normalized spacial score (nSPS) is 13.6. The van der Waals surface area contributed by atoms with E-state index in [1.54, 1.807) is 19.1 Å². The zero-order chi connectivity index (χ0) is 27.6. The van der Waals surface area contributed by atoms with Crippen LogP contribution in [0.15, 0.2) is 59.5 Å². The van der Waals surface area contributed by atoms with Crippen LogP contribution in [0.3, 0.4) is 0 Å². The zero-order valence-corrected chi connectivity index (χ0v) is 22.7. The standard InChI is InChI=1S/C26H27N7O4S2/c1-16-22(24(34)35)38-26(29-16)32-25-30-21-11-12-33(14-18-5-3-2-4-6-18)15-20(21)23(31-25)28-13-17-7-9-19(10-8-17)39(27,36)37/h2-10H,11-15H2,1H3,(H,34,35)(H2,27,36,37)(H2,28,29,30,31,32). The van der Waals surface area contributed by atoms with Gasteiger partial charge in [0.25, 0.3) is 0 Å². The van der Waals surface area contributed by atoms with Crippen LogP contribution in [0.5, 0.6) is 0 Å². The maximum atomic E-state index is 11.6. The molecule has 11 nitrogen and oxygen atoms in total. The Bertz CT molecular complexity index is 1610. The molecule has 0 bridgehead atoms. The molecule has 0 saturated heterocycles. The van der Waals surface area contributed by atoms with E-state index in [4.69, 9.17) is 15.1 Å². The molecule has 0 aliphatic carbocycles.